The lowest BCUT2D eigenvalue weighted by molar-refractivity contribution is 0.252. The number of hydrogen-bond acceptors (Lipinski definition) is 2. The van der Waals surface area contributed by atoms with Gasteiger partial charge in [0, 0.05) is 29.6 Å². The third-order valence-corrected chi connectivity index (χ3v) is 4.19. The number of fused-ring (bicyclic) bond motifs is 1. The predicted octanol–water partition coefficient (Wildman–Crippen LogP) is 4.61. The number of para-hydroxylation sites is 1. The molecule has 4 heteroatoms. The van der Waals surface area contributed by atoms with Crippen molar-refractivity contribution in [2.45, 2.75) is 19.0 Å². The summed E-state index contributed by atoms with van der Waals surface area (Å²) in [5.74, 6) is 0.803. The van der Waals surface area contributed by atoms with Gasteiger partial charge in [0.15, 0.2) is 0 Å². The van der Waals surface area contributed by atoms with Crippen LogP contribution in [-0.4, -0.2) is 6.61 Å². The van der Waals surface area contributed by atoms with Gasteiger partial charge in [0.25, 0.3) is 0 Å². The van der Waals surface area contributed by atoms with Gasteiger partial charge in [-0.2, -0.15) is 0 Å². The van der Waals surface area contributed by atoms with Crippen LogP contribution in [0.4, 0.5) is 0 Å². The van der Waals surface area contributed by atoms with Crippen LogP contribution in [0.5, 0.6) is 5.75 Å². The molecule has 0 spiro atoms. The number of benzene rings is 2. The van der Waals surface area contributed by atoms with E-state index in [0.29, 0.717) is 11.6 Å². The van der Waals surface area contributed by atoms with E-state index in [4.69, 9.17) is 27.9 Å². The molecule has 0 radical (unpaired) electrons. The lowest BCUT2D eigenvalue weighted by atomic mass is 10.00. The van der Waals surface area contributed by atoms with Crippen molar-refractivity contribution in [2.24, 2.45) is 0 Å². The molecule has 104 valence electrons. The van der Waals surface area contributed by atoms with Crippen LogP contribution in [0.1, 0.15) is 23.6 Å². The summed E-state index contributed by atoms with van der Waals surface area (Å²) in [5.41, 5.74) is 2.22. The molecule has 1 heterocycles. The second kappa shape index (κ2) is 6.04. The summed E-state index contributed by atoms with van der Waals surface area (Å²) in [5, 5.41) is 5.00. The molecule has 1 unspecified atom stereocenters. The Morgan fingerprint density at radius 3 is 2.70 bits per heavy atom. The Labute approximate surface area is 128 Å². The number of nitrogens with one attached hydrogen (secondary N) is 1. The lowest BCUT2D eigenvalue weighted by Gasteiger charge is -2.27. The summed E-state index contributed by atoms with van der Waals surface area (Å²) in [7, 11) is 0. The normalized spacial score (nSPS) is 17.4. The molecule has 1 aliphatic rings. The van der Waals surface area contributed by atoms with Gasteiger partial charge in [-0.15, -0.1) is 0 Å². The largest absolute Gasteiger partial charge is 0.492 e. The molecule has 0 saturated heterocycles. The van der Waals surface area contributed by atoms with Crippen molar-refractivity contribution in [1.82, 2.24) is 5.32 Å². The molecule has 0 fully saturated rings. The molecule has 2 nitrogen and oxygen atoms in total. The number of ether oxygens (including phenoxy) is 1. The van der Waals surface area contributed by atoms with Crippen molar-refractivity contribution in [3.8, 4) is 5.75 Å². The number of hydrogen-bond donors (Lipinski definition) is 1. The second-order valence-corrected chi connectivity index (χ2v) is 5.63. The first-order valence-electron chi connectivity index (χ1n) is 6.63. The van der Waals surface area contributed by atoms with Gasteiger partial charge in [-0.1, -0.05) is 53.5 Å². The number of rotatable bonds is 3. The van der Waals surface area contributed by atoms with Crippen LogP contribution in [0.2, 0.25) is 10.0 Å². The molecular formula is C16H15Cl2NO. The van der Waals surface area contributed by atoms with Gasteiger partial charge in [0.1, 0.15) is 5.75 Å². The minimum Gasteiger partial charge on any atom is -0.492 e. The zero-order chi connectivity index (χ0) is 13.9. The number of halogens is 2. The van der Waals surface area contributed by atoms with Crippen molar-refractivity contribution in [1.29, 1.82) is 0 Å². The van der Waals surface area contributed by atoms with Gasteiger partial charge < -0.3 is 10.1 Å². The summed E-state index contributed by atoms with van der Waals surface area (Å²) in [6.45, 7) is 1.41. The Bertz CT molecular complexity index is 615. The van der Waals surface area contributed by atoms with E-state index in [0.717, 1.165) is 34.9 Å². The maximum Gasteiger partial charge on any atom is 0.142 e. The van der Waals surface area contributed by atoms with E-state index in [9.17, 15) is 0 Å². The summed E-state index contributed by atoms with van der Waals surface area (Å²) < 4.78 is 5.66. The van der Waals surface area contributed by atoms with Crippen LogP contribution < -0.4 is 10.1 Å². The Kier molecular flexibility index (Phi) is 4.16. The molecule has 0 bridgehead atoms. The highest BCUT2D eigenvalue weighted by Crippen LogP contribution is 2.37. The third kappa shape index (κ3) is 2.78. The summed E-state index contributed by atoms with van der Waals surface area (Å²) in [6, 6.07) is 14.0. The Hall–Kier alpha value is -1.22. The first-order chi connectivity index (χ1) is 9.75. The van der Waals surface area contributed by atoms with E-state index in [2.05, 4.69) is 11.4 Å². The smallest absolute Gasteiger partial charge is 0.142 e. The zero-order valence-electron chi connectivity index (χ0n) is 10.9. The van der Waals surface area contributed by atoms with E-state index >= 15 is 0 Å². The molecule has 0 aromatic heterocycles. The van der Waals surface area contributed by atoms with Crippen molar-refractivity contribution in [3.05, 3.63) is 63.6 Å². The summed E-state index contributed by atoms with van der Waals surface area (Å²) in [4.78, 5) is 0. The van der Waals surface area contributed by atoms with E-state index < -0.39 is 0 Å². The van der Waals surface area contributed by atoms with E-state index in [1.807, 2.05) is 36.4 Å². The van der Waals surface area contributed by atoms with Gasteiger partial charge in [-0.25, -0.2) is 0 Å². The van der Waals surface area contributed by atoms with Crippen molar-refractivity contribution >= 4 is 23.2 Å². The van der Waals surface area contributed by atoms with Crippen LogP contribution in [0.3, 0.4) is 0 Å². The van der Waals surface area contributed by atoms with Crippen LogP contribution >= 0.6 is 23.2 Å². The fraction of sp³-hybridized carbons (Fsp3) is 0.250. The third-order valence-electron chi connectivity index (χ3n) is 3.52. The second-order valence-electron chi connectivity index (χ2n) is 4.82. The monoisotopic (exact) mass is 307 g/mol. The molecule has 0 saturated carbocycles. The first-order valence-corrected chi connectivity index (χ1v) is 7.39. The molecular weight excluding hydrogens is 293 g/mol. The molecule has 3 rings (SSSR count). The SMILES string of the molecule is Clc1ccccc1CNC1CCOc2c(Cl)cccc21. The van der Waals surface area contributed by atoms with Crippen LogP contribution in [0.15, 0.2) is 42.5 Å². The van der Waals surface area contributed by atoms with E-state index in [1.54, 1.807) is 0 Å². The average molecular weight is 308 g/mol. The van der Waals surface area contributed by atoms with Gasteiger partial charge in [0.2, 0.25) is 0 Å². The highest BCUT2D eigenvalue weighted by molar-refractivity contribution is 6.32. The minimum absolute atomic E-state index is 0.244. The maximum atomic E-state index is 6.18. The van der Waals surface area contributed by atoms with Crippen molar-refractivity contribution in [2.75, 3.05) is 6.61 Å². The molecule has 2 aromatic rings. The van der Waals surface area contributed by atoms with Gasteiger partial charge in [-0.3, -0.25) is 0 Å². The molecule has 1 N–H and O–H groups in total. The molecule has 1 atom stereocenters. The Morgan fingerprint density at radius 1 is 1.05 bits per heavy atom. The van der Waals surface area contributed by atoms with Crippen LogP contribution in [0.25, 0.3) is 0 Å². The fourth-order valence-electron chi connectivity index (χ4n) is 2.47. The van der Waals surface area contributed by atoms with Gasteiger partial charge >= 0.3 is 0 Å². The summed E-state index contributed by atoms with van der Waals surface area (Å²) in [6.07, 6.45) is 0.928. The first kappa shape index (κ1) is 13.7. The molecule has 2 aromatic carbocycles. The molecule has 1 aliphatic heterocycles. The van der Waals surface area contributed by atoms with Crippen molar-refractivity contribution < 1.29 is 4.74 Å². The van der Waals surface area contributed by atoms with E-state index in [1.165, 1.54) is 0 Å². The van der Waals surface area contributed by atoms with Crippen molar-refractivity contribution in [3.63, 3.8) is 0 Å². The lowest BCUT2D eigenvalue weighted by Crippen LogP contribution is -2.27. The molecule has 20 heavy (non-hydrogen) atoms. The standard InChI is InChI=1S/C16H15Cl2NO/c17-13-6-2-1-4-11(13)10-19-15-8-9-20-16-12(15)5-3-7-14(16)18/h1-7,15,19H,8-10H2. The topological polar surface area (TPSA) is 21.3 Å². The van der Waals surface area contributed by atoms with Gasteiger partial charge in [-0.05, 0) is 17.7 Å². The maximum absolute atomic E-state index is 6.18. The van der Waals surface area contributed by atoms with Crippen LogP contribution in [-0.2, 0) is 6.54 Å². The quantitative estimate of drug-likeness (QED) is 0.894. The fourth-order valence-corrected chi connectivity index (χ4v) is 2.91. The predicted molar refractivity (Wildman–Crippen MR) is 82.6 cm³/mol. The molecule has 0 aliphatic carbocycles. The minimum atomic E-state index is 0.244. The Morgan fingerprint density at radius 2 is 1.85 bits per heavy atom. The Balaban J connectivity index is 1.77. The molecule has 0 amide bonds. The van der Waals surface area contributed by atoms with E-state index in [-0.39, 0.29) is 6.04 Å². The average Bonchev–Trinajstić information content (AvgIpc) is 2.47. The zero-order valence-corrected chi connectivity index (χ0v) is 12.4. The highest BCUT2D eigenvalue weighted by atomic mass is 35.5. The summed E-state index contributed by atoms with van der Waals surface area (Å²) >= 11 is 12.4. The van der Waals surface area contributed by atoms with Gasteiger partial charge in [0.05, 0.1) is 11.6 Å². The van der Waals surface area contributed by atoms with Crippen LogP contribution in [0, 0.1) is 0 Å². The highest BCUT2D eigenvalue weighted by Gasteiger charge is 2.22.